The summed E-state index contributed by atoms with van der Waals surface area (Å²) in [5.41, 5.74) is 0. The number of carbonyl (C=O) groups is 1. The maximum atomic E-state index is 13.7. The number of carbonyl (C=O) groups excluding carboxylic acids is 1. The molecule has 0 radical (unpaired) electrons. The lowest BCUT2D eigenvalue weighted by Crippen LogP contribution is -2.50. The van der Waals surface area contributed by atoms with Crippen molar-refractivity contribution in [3.05, 3.63) is 30.1 Å². The van der Waals surface area contributed by atoms with E-state index in [2.05, 4.69) is 4.72 Å². The summed E-state index contributed by atoms with van der Waals surface area (Å²) in [6, 6.07) is 3.82. The van der Waals surface area contributed by atoms with Gasteiger partial charge in [0, 0.05) is 19.3 Å². The Kier molecular flexibility index (Phi) is 5.85. The summed E-state index contributed by atoms with van der Waals surface area (Å²) in [4.78, 5) is 13.3. The first kappa shape index (κ1) is 19.8. The number of hydrogen-bond acceptors (Lipinski definition) is 5. The third-order valence-corrected chi connectivity index (χ3v) is 7.44. The number of rotatable bonds is 5. The minimum atomic E-state index is -4.18. The molecule has 1 aromatic rings. The van der Waals surface area contributed by atoms with Crippen LogP contribution in [0.2, 0.25) is 0 Å². The minimum absolute atomic E-state index is 0.238. The molecule has 1 saturated heterocycles. The lowest BCUT2D eigenvalue weighted by atomic mass is 10.1. The summed E-state index contributed by atoms with van der Waals surface area (Å²) in [7, 11) is -7.33. The van der Waals surface area contributed by atoms with E-state index in [1.807, 2.05) is 0 Å². The predicted octanol–water partition coefficient (Wildman–Crippen LogP) is 0.528. The van der Waals surface area contributed by atoms with Gasteiger partial charge in [0.25, 0.3) is 0 Å². The second-order valence-electron chi connectivity index (χ2n) is 6.13. The van der Waals surface area contributed by atoms with E-state index in [1.165, 1.54) is 30.2 Å². The van der Waals surface area contributed by atoms with Crippen LogP contribution in [0.5, 0.6) is 0 Å². The normalized spacial score (nSPS) is 18.1. The number of likely N-dealkylation sites (tertiary alicyclic amines) is 1. The average Bonchev–Trinajstić information content (AvgIpc) is 2.53. The summed E-state index contributed by atoms with van der Waals surface area (Å²) in [5.74, 6) is -1.37. The van der Waals surface area contributed by atoms with Gasteiger partial charge in [-0.1, -0.05) is 12.1 Å². The molecule has 140 valence electrons. The fourth-order valence-electron chi connectivity index (χ4n) is 2.79. The van der Waals surface area contributed by atoms with Crippen LogP contribution in [0.1, 0.15) is 19.8 Å². The van der Waals surface area contributed by atoms with Crippen molar-refractivity contribution in [1.82, 2.24) is 9.62 Å². The largest absolute Gasteiger partial charge is 0.341 e. The molecule has 2 rings (SSSR count). The summed E-state index contributed by atoms with van der Waals surface area (Å²) in [5, 5.41) is -0.484. The predicted molar refractivity (Wildman–Crippen MR) is 90.6 cm³/mol. The monoisotopic (exact) mass is 392 g/mol. The van der Waals surface area contributed by atoms with E-state index < -0.39 is 47.8 Å². The number of nitrogens with zero attached hydrogens (tertiary/aromatic N) is 1. The van der Waals surface area contributed by atoms with Gasteiger partial charge >= 0.3 is 0 Å². The summed E-state index contributed by atoms with van der Waals surface area (Å²) >= 11 is 0. The average molecular weight is 392 g/mol. The molecule has 7 nitrogen and oxygen atoms in total. The van der Waals surface area contributed by atoms with Crippen molar-refractivity contribution in [3.63, 3.8) is 0 Å². The molecule has 0 aliphatic carbocycles. The number of sulfone groups is 1. The maximum Gasteiger partial charge on any atom is 0.244 e. The van der Waals surface area contributed by atoms with Crippen LogP contribution < -0.4 is 4.72 Å². The molecule has 25 heavy (non-hydrogen) atoms. The van der Waals surface area contributed by atoms with Gasteiger partial charge in [0.1, 0.15) is 20.5 Å². The zero-order valence-electron chi connectivity index (χ0n) is 14.0. The zero-order chi connectivity index (χ0) is 18.8. The van der Waals surface area contributed by atoms with Gasteiger partial charge in [0.15, 0.2) is 0 Å². The van der Waals surface area contributed by atoms with Crippen molar-refractivity contribution in [2.75, 3.05) is 19.3 Å². The highest BCUT2D eigenvalue weighted by atomic mass is 32.2. The number of piperidine rings is 1. The molecule has 1 atom stereocenters. The maximum absolute atomic E-state index is 13.7. The molecule has 0 saturated carbocycles. The molecule has 1 amide bonds. The Morgan fingerprint density at radius 2 is 1.76 bits per heavy atom. The Morgan fingerprint density at radius 1 is 1.20 bits per heavy atom. The SMILES string of the molecule is CC(NS(=O)(=O)c1ccccc1F)C(=O)N1CCC(S(C)(=O)=O)CC1. The highest BCUT2D eigenvalue weighted by Gasteiger charge is 2.32. The van der Waals surface area contributed by atoms with Crippen LogP contribution in [0.25, 0.3) is 0 Å². The summed E-state index contributed by atoms with van der Waals surface area (Å²) in [6.07, 6.45) is 1.80. The molecular weight excluding hydrogens is 371 g/mol. The first-order valence-electron chi connectivity index (χ1n) is 7.77. The number of hydrogen-bond donors (Lipinski definition) is 1. The van der Waals surface area contributed by atoms with Gasteiger partial charge in [0.05, 0.1) is 11.3 Å². The Labute approximate surface area is 147 Å². The smallest absolute Gasteiger partial charge is 0.244 e. The molecule has 10 heteroatoms. The van der Waals surface area contributed by atoms with Crippen LogP contribution >= 0.6 is 0 Å². The molecule has 1 fully saturated rings. The van der Waals surface area contributed by atoms with Crippen LogP contribution in [-0.2, 0) is 24.7 Å². The van der Waals surface area contributed by atoms with Crippen LogP contribution in [0.15, 0.2) is 29.2 Å². The minimum Gasteiger partial charge on any atom is -0.341 e. The van der Waals surface area contributed by atoms with Crippen molar-refractivity contribution < 1.29 is 26.0 Å². The standard InChI is InChI=1S/C15H21FN2O5S2/c1-11(17-25(22,23)14-6-4-3-5-13(14)16)15(19)18-9-7-12(8-10-18)24(2,20)21/h3-6,11-12,17H,7-10H2,1-2H3. The number of nitrogens with one attached hydrogen (secondary N) is 1. The van der Waals surface area contributed by atoms with E-state index in [1.54, 1.807) is 0 Å². The first-order valence-corrected chi connectivity index (χ1v) is 11.2. The number of sulfonamides is 1. The highest BCUT2D eigenvalue weighted by molar-refractivity contribution is 7.91. The number of halogens is 1. The topological polar surface area (TPSA) is 101 Å². The zero-order valence-corrected chi connectivity index (χ0v) is 15.6. The van der Waals surface area contributed by atoms with Crippen LogP contribution in [0, 0.1) is 5.82 Å². The Bertz CT molecular complexity index is 846. The van der Waals surface area contributed by atoms with E-state index in [0.29, 0.717) is 12.8 Å². The molecule has 0 aromatic heterocycles. The van der Waals surface area contributed by atoms with Gasteiger partial charge in [0.2, 0.25) is 15.9 Å². The molecule has 1 N–H and O–H groups in total. The third kappa shape index (κ3) is 4.77. The molecular formula is C15H21FN2O5S2. The molecule has 1 aliphatic rings. The second kappa shape index (κ2) is 7.38. The van der Waals surface area contributed by atoms with Crippen molar-refractivity contribution in [1.29, 1.82) is 0 Å². The van der Waals surface area contributed by atoms with Gasteiger partial charge < -0.3 is 4.90 Å². The van der Waals surface area contributed by atoms with Gasteiger partial charge in [-0.25, -0.2) is 21.2 Å². The van der Waals surface area contributed by atoms with Gasteiger partial charge in [-0.3, -0.25) is 4.79 Å². The Balaban J connectivity index is 2.03. The van der Waals surface area contributed by atoms with Crippen LogP contribution in [0.3, 0.4) is 0 Å². The fraction of sp³-hybridized carbons (Fsp3) is 0.533. The molecule has 1 aromatic carbocycles. The first-order chi connectivity index (χ1) is 11.5. The van der Waals surface area contributed by atoms with Crippen molar-refractivity contribution in [2.45, 2.75) is 36.0 Å². The van der Waals surface area contributed by atoms with Crippen molar-refractivity contribution in [3.8, 4) is 0 Å². The van der Waals surface area contributed by atoms with Crippen molar-refractivity contribution in [2.24, 2.45) is 0 Å². The van der Waals surface area contributed by atoms with E-state index in [9.17, 15) is 26.0 Å². The Morgan fingerprint density at radius 3 is 2.28 bits per heavy atom. The number of benzene rings is 1. The molecule has 0 bridgehead atoms. The fourth-order valence-corrected chi connectivity index (χ4v) is 5.13. The molecule has 0 spiro atoms. The van der Waals surface area contributed by atoms with Gasteiger partial charge in [-0.15, -0.1) is 0 Å². The highest BCUT2D eigenvalue weighted by Crippen LogP contribution is 2.19. The summed E-state index contributed by atoms with van der Waals surface area (Å²) in [6.45, 7) is 1.86. The second-order valence-corrected chi connectivity index (χ2v) is 10.1. The lowest BCUT2D eigenvalue weighted by molar-refractivity contribution is -0.133. The van der Waals surface area contributed by atoms with E-state index >= 15 is 0 Å². The number of amides is 1. The van der Waals surface area contributed by atoms with E-state index in [4.69, 9.17) is 0 Å². The molecule has 1 heterocycles. The van der Waals surface area contributed by atoms with Gasteiger partial charge in [-0.05, 0) is 31.9 Å². The van der Waals surface area contributed by atoms with Gasteiger partial charge in [-0.2, -0.15) is 4.72 Å². The third-order valence-electron chi connectivity index (χ3n) is 4.19. The van der Waals surface area contributed by atoms with Crippen LogP contribution in [-0.4, -0.2) is 58.3 Å². The Hall–Kier alpha value is -1.52. The van der Waals surface area contributed by atoms with Crippen LogP contribution in [0.4, 0.5) is 4.39 Å². The van der Waals surface area contributed by atoms with E-state index in [-0.39, 0.29) is 13.1 Å². The van der Waals surface area contributed by atoms with Crippen molar-refractivity contribution >= 4 is 25.8 Å². The molecule has 1 unspecified atom stereocenters. The summed E-state index contributed by atoms with van der Waals surface area (Å²) < 4.78 is 63.4. The molecule has 1 aliphatic heterocycles. The van der Waals surface area contributed by atoms with E-state index in [0.717, 1.165) is 12.1 Å². The lowest BCUT2D eigenvalue weighted by Gasteiger charge is -2.32. The quantitative estimate of drug-likeness (QED) is 0.788.